The molecule has 2 saturated heterocycles. The van der Waals surface area contributed by atoms with Crippen molar-refractivity contribution in [3.8, 4) is 0 Å². The second-order valence-corrected chi connectivity index (χ2v) is 11.1. The van der Waals surface area contributed by atoms with Crippen LogP contribution in [0.15, 0.2) is 48.5 Å². The van der Waals surface area contributed by atoms with Crippen LogP contribution in [0.25, 0.3) is 0 Å². The highest BCUT2D eigenvalue weighted by molar-refractivity contribution is 5.85. The van der Waals surface area contributed by atoms with Crippen LogP contribution in [0.5, 0.6) is 0 Å². The third-order valence-electron chi connectivity index (χ3n) is 8.45. The molecule has 0 bridgehead atoms. The second-order valence-electron chi connectivity index (χ2n) is 11.1. The SMILES string of the molecule is CC[N+](C)(C)C1CCN(c2ccc(N)cc2)C1.CC[N+](C)(C)C1CCN(c2ccc(N)cc2)C1.Cl. The van der Waals surface area contributed by atoms with E-state index >= 15 is 0 Å². The quantitative estimate of drug-likeness (QED) is 0.454. The number of halogens is 1. The average molecular weight is 505 g/mol. The zero-order valence-corrected chi connectivity index (χ0v) is 23.6. The van der Waals surface area contributed by atoms with E-state index in [0.717, 1.165) is 58.6 Å². The van der Waals surface area contributed by atoms with Gasteiger partial charge in [-0.05, 0) is 62.4 Å². The first-order valence-electron chi connectivity index (χ1n) is 12.9. The molecule has 0 radical (unpaired) electrons. The van der Waals surface area contributed by atoms with Gasteiger partial charge in [0.05, 0.1) is 54.4 Å². The van der Waals surface area contributed by atoms with Crippen LogP contribution in [0.1, 0.15) is 26.7 Å². The highest BCUT2D eigenvalue weighted by Gasteiger charge is 2.34. The van der Waals surface area contributed by atoms with Crippen molar-refractivity contribution in [1.29, 1.82) is 0 Å². The molecule has 7 heteroatoms. The van der Waals surface area contributed by atoms with E-state index in [9.17, 15) is 0 Å². The number of nitrogens with zero attached hydrogens (tertiary/aromatic N) is 4. The van der Waals surface area contributed by atoms with Gasteiger partial charge in [-0.3, -0.25) is 0 Å². The Kier molecular flexibility index (Phi) is 10.1. The third-order valence-corrected chi connectivity index (χ3v) is 8.45. The summed E-state index contributed by atoms with van der Waals surface area (Å²) >= 11 is 0. The monoisotopic (exact) mass is 504 g/mol. The number of nitrogen functional groups attached to an aromatic ring is 2. The van der Waals surface area contributed by atoms with Crippen LogP contribution < -0.4 is 21.3 Å². The Balaban J connectivity index is 0.000000240. The van der Waals surface area contributed by atoms with Gasteiger partial charge in [-0.2, -0.15) is 0 Å². The zero-order valence-electron chi connectivity index (χ0n) is 22.8. The summed E-state index contributed by atoms with van der Waals surface area (Å²) in [6, 6.07) is 18.0. The van der Waals surface area contributed by atoms with E-state index in [1.54, 1.807) is 0 Å². The highest BCUT2D eigenvalue weighted by atomic mass is 35.5. The van der Waals surface area contributed by atoms with E-state index < -0.39 is 0 Å². The zero-order chi connectivity index (χ0) is 24.9. The van der Waals surface area contributed by atoms with Gasteiger partial charge in [-0.25, -0.2) is 0 Å². The van der Waals surface area contributed by atoms with Gasteiger partial charge >= 0.3 is 0 Å². The number of anilines is 4. The fourth-order valence-corrected chi connectivity index (χ4v) is 4.98. The predicted octanol–water partition coefficient (Wildman–Crippen LogP) is 4.31. The number of hydrogen-bond donors (Lipinski definition) is 2. The molecule has 35 heavy (non-hydrogen) atoms. The molecule has 2 atom stereocenters. The molecule has 2 heterocycles. The van der Waals surface area contributed by atoms with Crippen LogP contribution in [0.2, 0.25) is 0 Å². The van der Waals surface area contributed by atoms with Crippen LogP contribution in [-0.2, 0) is 0 Å². The summed E-state index contributed by atoms with van der Waals surface area (Å²) in [7, 11) is 9.32. The smallest absolute Gasteiger partial charge is 0.108 e. The Morgan fingerprint density at radius 3 is 1.26 bits per heavy atom. The second kappa shape index (κ2) is 12.2. The minimum absolute atomic E-state index is 0. The summed E-state index contributed by atoms with van der Waals surface area (Å²) in [4.78, 5) is 4.94. The van der Waals surface area contributed by atoms with Crippen molar-refractivity contribution in [3.63, 3.8) is 0 Å². The lowest BCUT2D eigenvalue weighted by atomic mass is 10.2. The van der Waals surface area contributed by atoms with E-state index in [-0.39, 0.29) is 12.4 Å². The Hall–Kier alpha value is -2.15. The standard InChI is InChI=1S/2C14H24N3.ClH/c2*1-4-17(2,3)14-9-10-16(11-14)13-7-5-12(15)6-8-13;/h2*5-8,14H,4,9-11,15H2,1-3H3;1H/q2*+1;. The summed E-state index contributed by atoms with van der Waals surface area (Å²) in [6.07, 6.45) is 2.57. The van der Waals surface area contributed by atoms with Crippen molar-refractivity contribution >= 4 is 35.2 Å². The fraction of sp³-hybridized carbons (Fsp3) is 0.571. The van der Waals surface area contributed by atoms with Crippen molar-refractivity contribution in [1.82, 2.24) is 0 Å². The van der Waals surface area contributed by atoms with Crippen molar-refractivity contribution in [3.05, 3.63) is 48.5 Å². The summed E-state index contributed by atoms with van der Waals surface area (Å²) in [5, 5.41) is 0. The first-order chi connectivity index (χ1) is 16.1. The van der Waals surface area contributed by atoms with Crippen molar-refractivity contribution in [2.24, 2.45) is 0 Å². The molecule has 4 rings (SSSR count). The van der Waals surface area contributed by atoms with E-state index in [0.29, 0.717) is 0 Å². The van der Waals surface area contributed by atoms with Crippen molar-refractivity contribution in [2.45, 2.75) is 38.8 Å². The summed E-state index contributed by atoms with van der Waals surface area (Å²) < 4.78 is 2.23. The fourth-order valence-electron chi connectivity index (χ4n) is 4.98. The number of quaternary nitrogens is 2. The molecular weight excluding hydrogens is 456 g/mol. The number of hydrogen-bond acceptors (Lipinski definition) is 4. The maximum Gasteiger partial charge on any atom is 0.108 e. The molecule has 0 amide bonds. The molecule has 2 aromatic rings. The van der Waals surface area contributed by atoms with Gasteiger partial charge in [0.1, 0.15) is 12.1 Å². The van der Waals surface area contributed by atoms with E-state index in [1.807, 2.05) is 24.3 Å². The van der Waals surface area contributed by atoms with E-state index in [2.05, 4.69) is 76.1 Å². The maximum absolute atomic E-state index is 5.72. The molecular formula is C28H49ClN6+2. The predicted molar refractivity (Wildman–Crippen MR) is 155 cm³/mol. The summed E-state index contributed by atoms with van der Waals surface area (Å²) in [6.45, 7) is 11.6. The van der Waals surface area contributed by atoms with Gasteiger partial charge in [-0.1, -0.05) is 0 Å². The van der Waals surface area contributed by atoms with E-state index in [4.69, 9.17) is 11.5 Å². The van der Waals surface area contributed by atoms with Crippen molar-refractivity contribution < 1.29 is 8.97 Å². The molecule has 4 N–H and O–H groups in total. The number of benzene rings is 2. The average Bonchev–Trinajstić information content (AvgIpc) is 3.52. The molecule has 0 saturated carbocycles. The number of likely N-dealkylation sites (N-methyl/N-ethyl adjacent to an activating group) is 2. The lowest BCUT2D eigenvalue weighted by Gasteiger charge is -2.35. The molecule has 2 unspecified atom stereocenters. The van der Waals surface area contributed by atoms with Crippen LogP contribution in [-0.4, -0.2) is 88.5 Å². The van der Waals surface area contributed by atoms with Crippen LogP contribution in [0.3, 0.4) is 0 Å². The number of nitrogens with two attached hydrogens (primary N) is 2. The van der Waals surface area contributed by atoms with Gasteiger partial charge < -0.3 is 30.2 Å². The minimum Gasteiger partial charge on any atom is -0.399 e. The van der Waals surface area contributed by atoms with Gasteiger partial charge in [0.15, 0.2) is 0 Å². The molecule has 6 nitrogen and oxygen atoms in total. The van der Waals surface area contributed by atoms with Gasteiger partial charge in [0, 0.05) is 48.7 Å². The molecule has 2 aliphatic heterocycles. The first-order valence-corrected chi connectivity index (χ1v) is 12.9. The summed E-state index contributed by atoms with van der Waals surface area (Å²) in [5.41, 5.74) is 15.7. The highest BCUT2D eigenvalue weighted by Crippen LogP contribution is 2.27. The Morgan fingerprint density at radius 1 is 0.657 bits per heavy atom. The molecule has 2 aromatic carbocycles. The minimum atomic E-state index is 0. The molecule has 2 aliphatic rings. The van der Waals surface area contributed by atoms with Crippen LogP contribution in [0, 0.1) is 0 Å². The van der Waals surface area contributed by atoms with Gasteiger partial charge in [0.25, 0.3) is 0 Å². The lowest BCUT2D eigenvalue weighted by Crippen LogP contribution is -2.49. The molecule has 2 fully saturated rings. The Morgan fingerprint density at radius 2 is 0.971 bits per heavy atom. The topological polar surface area (TPSA) is 58.5 Å². The van der Waals surface area contributed by atoms with Gasteiger partial charge in [-0.15, -0.1) is 12.4 Å². The third kappa shape index (κ3) is 7.42. The first kappa shape index (κ1) is 29.1. The van der Waals surface area contributed by atoms with Crippen LogP contribution >= 0.6 is 12.4 Å². The van der Waals surface area contributed by atoms with Gasteiger partial charge in [0.2, 0.25) is 0 Å². The normalized spacial score (nSPS) is 20.3. The molecule has 0 spiro atoms. The largest absolute Gasteiger partial charge is 0.399 e. The molecule has 0 aliphatic carbocycles. The Bertz CT molecular complexity index is 821. The van der Waals surface area contributed by atoms with E-state index in [1.165, 1.54) is 37.3 Å². The summed E-state index contributed by atoms with van der Waals surface area (Å²) in [5.74, 6) is 0. The lowest BCUT2D eigenvalue weighted by molar-refractivity contribution is -0.910. The molecule has 196 valence electrons. The maximum atomic E-state index is 5.72. The molecule has 0 aromatic heterocycles. The van der Waals surface area contributed by atoms with Crippen LogP contribution in [0.4, 0.5) is 22.7 Å². The Labute approximate surface area is 220 Å². The van der Waals surface area contributed by atoms with Crippen molar-refractivity contribution in [2.75, 3.05) is 88.7 Å². The number of rotatable bonds is 6.